The first kappa shape index (κ1) is 44.3. The lowest BCUT2D eigenvalue weighted by molar-refractivity contribution is -0.203. The second-order valence-electron chi connectivity index (χ2n) is 17.4. The Balaban J connectivity index is 1.59. The minimum absolute atomic E-state index is 0.0755. The van der Waals surface area contributed by atoms with Gasteiger partial charge >= 0.3 is 24.0 Å². The molecule has 0 aliphatic heterocycles. The molecule has 2 aromatic rings. The number of fused-ring (bicyclic) bond motifs is 2. The average molecular weight is 804 g/mol. The molecule has 0 aromatic heterocycles. The normalized spacial score (nSPS) is 28.3. The molecule has 13 nitrogen and oxygen atoms in total. The van der Waals surface area contributed by atoms with E-state index < -0.39 is 94.9 Å². The van der Waals surface area contributed by atoms with Gasteiger partial charge in [0.05, 0.1) is 29.6 Å². The van der Waals surface area contributed by atoms with Gasteiger partial charge in [0, 0.05) is 20.3 Å². The number of carbonyl (C=O) groups is 5. The Labute approximate surface area is 340 Å². The summed E-state index contributed by atoms with van der Waals surface area (Å²) in [6.07, 6.45) is -7.22. The largest absolute Gasteiger partial charge is 0.462 e. The van der Waals surface area contributed by atoms with Crippen LogP contribution in [0.1, 0.15) is 92.3 Å². The summed E-state index contributed by atoms with van der Waals surface area (Å²) < 4.78 is 30.5. The van der Waals surface area contributed by atoms with E-state index in [0.29, 0.717) is 22.3 Å². The zero-order valence-corrected chi connectivity index (χ0v) is 34.8. The molecule has 0 spiro atoms. The number of allylic oxidation sites excluding steroid dienone is 1. The van der Waals surface area contributed by atoms with Crippen LogP contribution in [-0.2, 0) is 49.5 Å². The van der Waals surface area contributed by atoms with Crippen molar-refractivity contribution in [2.24, 2.45) is 23.2 Å². The molecule has 0 heterocycles. The number of rotatable bonds is 11. The Hall–Kier alpha value is -4.85. The Morgan fingerprint density at radius 2 is 1.50 bits per heavy atom. The second-order valence-corrected chi connectivity index (χ2v) is 17.4. The molecule has 0 bridgehead atoms. The smallest absolute Gasteiger partial charge is 0.408 e. The molecule has 3 aliphatic carbocycles. The standard InChI is InChI=1S/C45H57NO12/c1-24-31-21-30-34(25(2)37(49)35(30)44(8,9)53)39(54-23-28-17-13-11-14-18-28)40(56-27(4)48)45(31,10)33(55-26(3)47)22-32(24)57-41(51)38(50)36(29-19-15-12-16-20-29)46-42(52)58-43(5,6)7/h11-20,30-33,35-36,38-40,50,53H,1,21-23H2,2-10H3,(H,46,52)/t30?,31?,32-,33-,35+,36-,38+,39+,40-,45-/m0/s1. The maximum absolute atomic E-state index is 14.1. The van der Waals surface area contributed by atoms with Gasteiger partial charge in [-0.1, -0.05) is 74.2 Å². The number of nitrogens with one attached hydrogen (secondary N) is 1. The first-order valence-electron chi connectivity index (χ1n) is 19.6. The minimum Gasteiger partial charge on any atom is -0.462 e. The summed E-state index contributed by atoms with van der Waals surface area (Å²) in [5.74, 6) is -5.04. The number of Topliss-reactive ketones (excluding diaryl/α,β-unsaturated/α-hetero) is 1. The zero-order chi connectivity index (χ0) is 42.9. The lowest BCUT2D eigenvalue weighted by atomic mass is 9.58. The molecule has 3 N–H and O–H groups in total. The number of aliphatic hydroxyl groups is 2. The van der Waals surface area contributed by atoms with Crippen LogP contribution < -0.4 is 5.32 Å². The predicted molar refractivity (Wildman–Crippen MR) is 212 cm³/mol. The number of hydrogen-bond donors (Lipinski definition) is 3. The molecule has 3 aliphatic rings. The van der Waals surface area contributed by atoms with Crippen LogP contribution in [0, 0.1) is 23.2 Å². The third-order valence-electron chi connectivity index (χ3n) is 11.6. The average Bonchev–Trinajstić information content (AvgIpc) is 3.32. The van der Waals surface area contributed by atoms with E-state index >= 15 is 0 Å². The Kier molecular flexibility index (Phi) is 13.1. The number of alkyl carbamates (subject to hydrolysis) is 1. The Morgan fingerprint density at radius 3 is 2.05 bits per heavy atom. The van der Waals surface area contributed by atoms with Crippen molar-refractivity contribution in [1.29, 1.82) is 0 Å². The summed E-state index contributed by atoms with van der Waals surface area (Å²) >= 11 is 0. The number of hydrogen-bond acceptors (Lipinski definition) is 12. The fourth-order valence-corrected chi connectivity index (χ4v) is 9.08. The third-order valence-corrected chi connectivity index (χ3v) is 11.6. The summed E-state index contributed by atoms with van der Waals surface area (Å²) in [4.78, 5) is 67.1. The highest BCUT2D eigenvalue weighted by Gasteiger charge is 2.65. The fraction of sp³-hybridized carbons (Fsp3) is 0.533. The molecule has 58 heavy (non-hydrogen) atoms. The van der Waals surface area contributed by atoms with Crippen molar-refractivity contribution in [3.8, 4) is 0 Å². The second kappa shape index (κ2) is 17.2. The van der Waals surface area contributed by atoms with E-state index in [2.05, 4.69) is 11.9 Å². The number of aliphatic hydroxyl groups excluding tert-OH is 1. The van der Waals surface area contributed by atoms with Crippen LogP contribution >= 0.6 is 0 Å². The van der Waals surface area contributed by atoms with E-state index in [-0.39, 0.29) is 25.2 Å². The van der Waals surface area contributed by atoms with Gasteiger partial charge in [-0.05, 0) is 87.6 Å². The zero-order valence-electron chi connectivity index (χ0n) is 34.8. The van der Waals surface area contributed by atoms with Crippen molar-refractivity contribution >= 4 is 29.8 Å². The molecule has 2 unspecified atom stereocenters. The number of amides is 1. The van der Waals surface area contributed by atoms with Crippen molar-refractivity contribution < 1.29 is 57.9 Å². The number of ether oxygens (including phenoxy) is 5. The number of esters is 3. The van der Waals surface area contributed by atoms with Gasteiger partial charge in [-0.2, -0.15) is 0 Å². The molecule has 2 saturated carbocycles. The molecule has 314 valence electrons. The molecule has 2 aromatic carbocycles. The van der Waals surface area contributed by atoms with Gasteiger partial charge in [0.1, 0.15) is 30.0 Å². The van der Waals surface area contributed by atoms with Crippen molar-refractivity contribution in [3.05, 3.63) is 95.1 Å². The monoisotopic (exact) mass is 803 g/mol. The lowest BCUT2D eigenvalue weighted by Gasteiger charge is -2.53. The highest BCUT2D eigenvalue weighted by Crippen LogP contribution is 2.60. The minimum atomic E-state index is -1.92. The molecule has 0 saturated heterocycles. The van der Waals surface area contributed by atoms with Crippen LogP contribution in [0.3, 0.4) is 0 Å². The van der Waals surface area contributed by atoms with E-state index in [1.165, 1.54) is 13.8 Å². The quantitative estimate of drug-likeness (QED) is 0.140. The SMILES string of the molecule is C=C1C2CC3C(=C(C)C(=O)[C@@H]3C(C)(C)O)[C@@H](OCc3ccccc3)[C@H](OC(C)=O)[C@]2(C)[C@@H](OC(C)=O)C[C@@H]1OC(=O)[C@H](O)[C@@H](NC(=O)OC(C)(C)C)c1ccccc1. The summed E-state index contributed by atoms with van der Waals surface area (Å²) in [7, 11) is 0. The molecular weight excluding hydrogens is 746 g/mol. The summed E-state index contributed by atoms with van der Waals surface area (Å²) in [5, 5.41) is 25.7. The molecule has 0 radical (unpaired) electrons. The van der Waals surface area contributed by atoms with Crippen LogP contribution in [0.15, 0.2) is 84.0 Å². The Morgan fingerprint density at radius 1 is 0.914 bits per heavy atom. The fourth-order valence-electron chi connectivity index (χ4n) is 9.08. The van der Waals surface area contributed by atoms with Crippen molar-refractivity contribution in [2.45, 2.75) is 130 Å². The van der Waals surface area contributed by atoms with Crippen LogP contribution in [0.25, 0.3) is 0 Å². The van der Waals surface area contributed by atoms with Crippen molar-refractivity contribution in [3.63, 3.8) is 0 Å². The summed E-state index contributed by atoms with van der Waals surface area (Å²) in [6.45, 7) is 18.7. The van der Waals surface area contributed by atoms with E-state index in [0.717, 1.165) is 5.56 Å². The van der Waals surface area contributed by atoms with Gasteiger partial charge in [-0.15, -0.1) is 0 Å². The first-order valence-corrected chi connectivity index (χ1v) is 19.6. The molecule has 5 rings (SSSR count). The van der Waals surface area contributed by atoms with Gasteiger partial charge in [0.25, 0.3) is 0 Å². The lowest BCUT2D eigenvalue weighted by Crippen LogP contribution is -2.60. The van der Waals surface area contributed by atoms with Crippen LogP contribution in [0.2, 0.25) is 0 Å². The highest BCUT2D eigenvalue weighted by molar-refractivity contribution is 6.01. The van der Waals surface area contributed by atoms with Crippen LogP contribution in [0.5, 0.6) is 0 Å². The third kappa shape index (κ3) is 9.37. The molecular formula is C45H57NO12. The maximum atomic E-state index is 14.1. The van der Waals surface area contributed by atoms with Crippen molar-refractivity contribution in [2.75, 3.05) is 0 Å². The summed E-state index contributed by atoms with van der Waals surface area (Å²) in [5.41, 5.74) is -1.14. The maximum Gasteiger partial charge on any atom is 0.408 e. The number of benzene rings is 2. The number of carbonyl (C=O) groups excluding carboxylic acids is 5. The number of ketones is 1. The van der Waals surface area contributed by atoms with Gasteiger partial charge < -0.3 is 39.2 Å². The topological polar surface area (TPSA) is 184 Å². The highest BCUT2D eigenvalue weighted by atomic mass is 16.6. The van der Waals surface area contributed by atoms with E-state index in [4.69, 9.17) is 23.7 Å². The van der Waals surface area contributed by atoms with Crippen LogP contribution in [0.4, 0.5) is 4.79 Å². The van der Waals surface area contributed by atoms with Gasteiger partial charge in [0.2, 0.25) is 0 Å². The van der Waals surface area contributed by atoms with E-state index in [1.54, 1.807) is 71.9 Å². The molecule has 10 atom stereocenters. The van der Waals surface area contributed by atoms with Gasteiger partial charge in [-0.25, -0.2) is 9.59 Å². The first-order chi connectivity index (χ1) is 27.0. The Bertz CT molecular complexity index is 1910. The van der Waals surface area contributed by atoms with E-state index in [9.17, 15) is 34.2 Å². The predicted octanol–water partition coefficient (Wildman–Crippen LogP) is 5.86. The molecule has 1 amide bonds. The summed E-state index contributed by atoms with van der Waals surface area (Å²) in [6, 6.07) is 16.4. The van der Waals surface area contributed by atoms with E-state index in [1.807, 2.05) is 37.3 Å². The molecule has 13 heteroatoms. The van der Waals surface area contributed by atoms with Crippen molar-refractivity contribution in [1.82, 2.24) is 5.32 Å². The van der Waals surface area contributed by atoms with Crippen LogP contribution in [-0.4, -0.2) is 81.7 Å². The van der Waals surface area contributed by atoms with Gasteiger partial charge in [-0.3, -0.25) is 14.4 Å². The molecule has 2 fully saturated rings. The van der Waals surface area contributed by atoms with Gasteiger partial charge in [0.15, 0.2) is 11.9 Å².